The predicted octanol–water partition coefficient (Wildman–Crippen LogP) is 3.48. The average Bonchev–Trinajstić information content (AvgIpc) is 3.04. The maximum Gasteiger partial charge on any atom is 0.346 e. The van der Waals surface area contributed by atoms with E-state index in [1.807, 2.05) is 0 Å². The highest BCUT2D eigenvalue weighted by atomic mass is 16.6. The monoisotopic (exact) mass is 275 g/mol. The van der Waals surface area contributed by atoms with E-state index >= 15 is 0 Å². The number of rotatable bonds is 2. The number of benzene rings is 1. The molecule has 7 heteroatoms. The molecule has 2 aliphatic carbocycles. The van der Waals surface area contributed by atoms with E-state index in [1.165, 1.54) is 29.7 Å². The second-order valence-electron chi connectivity index (χ2n) is 4.00. The molecule has 0 radical (unpaired) electrons. The maximum atomic E-state index is 10.2. The standard InChI is InChI=1S/C7H6.C6H4N2O4.H3N/c1-2-7-4-3-6(1)5-7;9-7(10)5-3-1-2-4-6(5)8(11)12;/h1-4H,5H2;1-4H;1H3. The number of nitro groups is 2. The van der Waals surface area contributed by atoms with Crippen molar-refractivity contribution in [2.24, 2.45) is 0 Å². The lowest BCUT2D eigenvalue weighted by atomic mass is 10.3. The van der Waals surface area contributed by atoms with E-state index in [0.717, 1.165) is 12.1 Å². The van der Waals surface area contributed by atoms with Crippen molar-refractivity contribution in [1.29, 1.82) is 0 Å². The van der Waals surface area contributed by atoms with Gasteiger partial charge < -0.3 is 6.15 Å². The predicted molar refractivity (Wildman–Crippen MR) is 74.7 cm³/mol. The van der Waals surface area contributed by atoms with Crippen LogP contribution in [-0.2, 0) is 0 Å². The fourth-order valence-corrected chi connectivity index (χ4v) is 1.78. The molecule has 0 saturated carbocycles. The molecule has 0 atom stereocenters. The van der Waals surface area contributed by atoms with Crippen molar-refractivity contribution in [3.05, 3.63) is 79.9 Å². The number of nitrogens with zero attached hydrogens (tertiary/aromatic N) is 2. The quantitative estimate of drug-likeness (QED) is 0.654. The molecule has 0 aliphatic heterocycles. The highest BCUT2D eigenvalue weighted by Crippen LogP contribution is 2.27. The van der Waals surface area contributed by atoms with Crippen LogP contribution < -0.4 is 6.15 Å². The second kappa shape index (κ2) is 6.39. The first-order valence-electron chi connectivity index (χ1n) is 5.53. The summed E-state index contributed by atoms with van der Waals surface area (Å²) in [4.78, 5) is 18.9. The molecule has 0 saturated heterocycles. The molecular formula is C13H13N3O4. The molecule has 0 amide bonds. The van der Waals surface area contributed by atoms with Crippen molar-refractivity contribution in [3.8, 4) is 0 Å². The van der Waals surface area contributed by atoms with Crippen LogP contribution in [0.5, 0.6) is 0 Å². The minimum absolute atomic E-state index is 0. The minimum Gasteiger partial charge on any atom is -0.344 e. The Bertz CT molecular complexity index is 579. The third kappa shape index (κ3) is 3.36. The molecule has 3 rings (SSSR count). The zero-order valence-electron chi connectivity index (χ0n) is 10.6. The van der Waals surface area contributed by atoms with Gasteiger partial charge in [-0.1, -0.05) is 36.4 Å². The lowest BCUT2D eigenvalue weighted by Gasteiger charge is -1.91. The van der Waals surface area contributed by atoms with E-state index in [1.54, 1.807) is 0 Å². The number of fused-ring (bicyclic) bond motifs is 2. The van der Waals surface area contributed by atoms with Crippen LogP contribution in [0, 0.1) is 20.2 Å². The number of hydrogen-bond donors (Lipinski definition) is 1. The van der Waals surface area contributed by atoms with E-state index in [2.05, 4.69) is 24.3 Å². The third-order valence-electron chi connectivity index (χ3n) is 2.71. The van der Waals surface area contributed by atoms with E-state index in [0.29, 0.717) is 0 Å². The summed E-state index contributed by atoms with van der Waals surface area (Å²) in [6, 6.07) is 4.95. The first-order chi connectivity index (χ1) is 9.08. The van der Waals surface area contributed by atoms with Crippen LogP contribution in [0.3, 0.4) is 0 Å². The van der Waals surface area contributed by atoms with Crippen LogP contribution in [-0.4, -0.2) is 9.85 Å². The van der Waals surface area contributed by atoms with Gasteiger partial charge in [0.05, 0.1) is 9.85 Å². The van der Waals surface area contributed by atoms with Crippen LogP contribution in [0.15, 0.2) is 59.7 Å². The fourth-order valence-electron chi connectivity index (χ4n) is 1.78. The van der Waals surface area contributed by atoms with Gasteiger partial charge in [-0.2, -0.15) is 0 Å². The SMILES string of the molecule is C1=CC2=CC=C1C2.N.O=[N+]([O-])c1ccccc1[N+](=O)[O-]. The number of nitro benzene ring substituents is 2. The molecule has 2 bridgehead atoms. The summed E-state index contributed by atoms with van der Waals surface area (Å²) in [5.41, 5.74) is 1.97. The van der Waals surface area contributed by atoms with Crippen LogP contribution >= 0.6 is 0 Å². The Balaban J connectivity index is 0.000000212. The molecule has 104 valence electrons. The second-order valence-corrected chi connectivity index (χ2v) is 4.00. The molecule has 0 fully saturated rings. The molecule has 7 nitrogen and oxygen atoms in total. The Kier molecular flexibility index (Phi) is 4.88. The normalized spacial score (nSPS) is 13.6. The Morgan fingerprint density at radius 1 is 0.850 bits per heavy atom. The van der Waals surface area contributed by atoms with Gasteiger partial charge in [0.15, 0.2) is 0 Å². The molecule has 0 heterocycles. The first kappa shape index (κ1) is 15.3. The number of hydrogen-bond acceptors (Lipinski definition) is 5. The van der Waals surface area contributed by atoms with Crippen molar-refractivity contribution in [1.82, 2.24) is 6.15 Å². The summed E-state index contributed by atoms with van der Waals surface area (Å²) >= 11 is 0. The largest absolute Gasteiger partial charge is 0.346 e. The fraction of sp³-hybridized carbons (Fsp3) is 0.0769. The van der Waals surface area contributed by atoms with Crippen molar-refractivity contribution in [2.45, 2.75) is 6.42 Å². The van der Waals surface area contributed by atoms with Crippen molar-refractivity contribution in [3.63, 3.8) is 0 Å². The maximum absolute atomic E-state index is 10.2. The van der Waals surface area contributed by atoms with Gasteiger partial charge in [0.1, 0.15) is 0 Å². The average molecular weight is 275 g/mol. The molecule has 0 spiro atoms. The topological polar surface area (TPSA) is 121 Å². The summed E-state index contributed by atoms with van der Waals surface area (Å²) in [6.45, 7) is 0. The van der Waals surface area contributed by atoms with Crippen molar-refractivity contribution < 1.29 is 9.85 Å². The summed E-state index contributed by atoms with van der Waals surface area (Å²) in [6.07, 6.45) is 9.90. The summed E-state index contributed by atoms with van der Waals surface area (Å²) < 4.78 is 0. The van der Waals surface area contributed by atoms with E-state index in [4.69, 9.17) is 0 Å². The van der Waals surface area contributed by atoms with Gasteiger partial charge >= 0.3 is 11.4 Å². The highest BCUT2D eigenvalue weighted by Gasteiger charge is 2.21. The van der Waals surface area contributed by atoms with E-state index in [9.17, 15) is 20.2 Å². The molecule has 2 aliphatic rings. The first-order valence-corrected chi connectivity index (χ1v) is 5.53. The van der Waals surface area contributed by atoms with Crippen molar-refractivity contribution >= 4 is 11.4 Å². The Morgan fingerprint density at radius 3 is 1.45 bits per heavy atom. The molecule has 0 aromatic heterocycles. The van der Waals surface area contributed by atoms with Crippen LogP contribution in [0.2, 0.25) is 0 Å². The molecule has 0 unspecified atom stereocenters. The smallest absolute Gasteiger partial charge is 0.344 e. The highest BCUT2D eigenvalue weighted by molar-refractivity contribution is 5.51. The summed E-state index contributed by atoms with van der Waals surface area (Å²) in [5.74, 6) is 0. The van der Waals surface area contributed by atoms with E-state index < -0.39 is 21.2 Å². The lowest BCUT2D eigenvalue weighted by molar-refractivity contribution is -0.422. The van der Waals surface area contributed by atoms with Crippen LogP contribution in [0.25, 0.3) is 0 Å². The van der Waals surface area contributed by atoms with Gasteiger partial charge in [-0.15, -0.1) is 0 Å². The molecule has 1 aromatic carbocycles. The lowest BCUT2D eigenvalue weighted by Crippen LogP contribution is -1.95. The molecule has 3 N–H and O–H groups in total. The number of para-hydroxylation sites is 2. The van der Waals surface area contributed by atoms with Gasteiger partial charge in [-0.25, -0.2) is 0 Å². The van der Waals surface area contributed by atoms with Crippen LogP contribution in [0.4, 0.5) is 11.4 Å². The van der Waals surface area contributed by atoms with Gasteiger partial charge in [-0.3, -0.25) is 20.2 Å². The van der Waals surface area contributed by atoms with Crippen molar-refractivity contribution in [2.75, 3.05) is 0 Å². The van der Waals surface area contributed by atoms with Gasteiger partial charge in [0.2, 0.25) is 0 Å². The molecule has 20 heavy (non-hydrogen) atoms. The number of allylic oxidation sites excluding steroid dienone is 6. The zero-order valence-corrected chi connectivity index (χ0v) is 10.6. The van der Waals surface area contributed by atoms with Crippen LogP contribution in [0.1, 0.15) is 6.42 Å². The molecule has 1 aromatic rings. The summed E-state index contributed by atoms with van der Waals surface area (Å²) in [5, 5.41) is 20.5. The Labute approximate surface area is 114 Å². The van der Waals surface area contributed by atoms with E-state index in [-0.39, 0.29) is 6.15 Å². The third-order valence-corrected chi connectivity index (χ3v) is 2.71. The minimum atomic E-state index is -0.780. The summed E-state index contributed by atoms with van der Waals surface area (Å²) in [7, 11) is 0. The van der Waals surface area contributed by atoms with Gasteiger partial charge in [0, 0.05) is 12.1 Å². The molecular weight excluding hydrogens is 262 g/mol. The van der Waals surface area contributed by atoms with Gasteiger partial charge in [0.25, 0.3) is 0 Å². The Hall–Kier alpha value is -2.80. The Morgan fingerprint density at radius 2 is 1.25 bits per heavy atom. The zero-order chi connectivity index (χ0) is 13.8. The van der Waals surface area contributed by atoms with Gasteiger partial charge in [-0.05, 0) is 17.6 Å².